The standard InChI is InChI=1S/C13H28N2O.C12H24N2O2.C12H25NO2.2C12H23NO2.C12H23NO.C12H18O.C11H24N2O.C10H22N2O2.C8H16O2/c1-12(2)15-9-7-14(8-10-15)6-5-11-16-13(3)4;1-11(2)16-12(15)5-4-6-14-9-7-13(3)8-10-14;1-10(2)14-7-5-6-13-8-11(3)15-12(4)9-13;2*1-11(2)15-12(14)7-6-10-13-8-4-3-5-9-13;1-11(2)14-8-4-7-13-9-12(10-13)5-3-6-12;1-11(2)13-10-6-9-12-7-4-3-5-8-12;1-11(2)14-10-4-5-13-8-6-12(3)7-9-13;1-9(2)14-10(13)12(5)8-6-7-11(3)4;1-4-5-6-8(9)10-7(2)3/h12-13H,5-11H2,1-4H3;11H,4-10H2,1-3H3;10-12H,5-9H2,1-4H3;2*11H,3-10H2,1-2H3;11H,3-10H2,1-2H3;3-5,7-8,11H,6,9-10H2,1-2H3;11H,4-10H2,1-3H3;9H,6-8H2,1-5H3;7H,4-6H2,1-3H3/t;;11-,12+;;;;;;;. The Morgan fingerprint density at radius 3 is 0.965 bits per heavy atom. The highest BCUT2D eigenvalue weighted by molar-refractivity contribution is 5.70. The van der Waals surface area contributed by atoms with Crippen LogP contribution in [0, 0.1) is 5.41 Å². The summed E-state index contributed by atoms with van der Waals surface area (Å²) in [6.07, 6.45) is 29.7. The molecular weight excluding hydrogens is 1790 g/mol. The van der Waals surface area contributed by atoms with Gasteiger partial charge in [-0.3, -0.25) is 29.0 Å². The maximum atomic E-state index is 11.3. The number of likely N-dealkylation sites (N-methyl/N-ethyl adjacent to an activating group) is 2. The molecule has 28 nitrogen and oxygen atoms in total. The van der Waals surface area contributed by atoms with Crippen molar-refractivity contribution in [2.24, 2.45) is 5.41 Å². The highest BCUT2D eigenvalue weighted by Crippen LogP contribution is 2.48. The lowest BCUT2D eigenvalue weighted by Gasteiger charge is -2.56. The lowest BCUT2D eigenvalue weighted by Crippen LogP contribution is -2.59. The summed E-state index contributed by atoms with van der Waals surface area (Å²) in [6, 6.07) is 11.2. The number of hydrogen-bond donors (Lipinski definition) is 0. The van der Waals surface area contributed by atoms with Crippen molar-refractivity contribution in [3.05, 3.63) is 35.9 Å². The topological polar surface area (TPSA) is 226 Å². The summed E-state index contributed by atoms with van der Waals surface area (Å²) in [4.78, 5) is 84.4. The lowest BCUT2D eigenvalue weighted by atomic mass is 9.63. The van der Waals surface area contributed by atoms with Crippen molar-refractivity contribution in [3.63, 3.8) is 0 Å². The fraction of sp³-hybridized carbons (Fsp3) is 0.904. The van der Waals surface area contributed by atoms with Gasteiger partial charge in [0.1, 0.15) is 0 Å². The first-order chi connectivity index (χ1) is 67.4. The van der Waals surface area contributed by atoms with Crippen LogP contribution in [-0.4, -0.2) is 426 Å². The quantitative estimate of drug-likeness (QED) is 0.0336. The van der Waals surface area contributed by atoms with E-state index in [2.05, 4.69) is 196 Å². The summed E-state index contributed by atoms with van der Waals surface area (Å²) in [5.74, 6) is -0.245. The number of rotatable bonds is 50. The highest BCUT2D eigenvalue weighted by atomic mass is 16.6. The van der Waals surface area contributed by atoms with Crippen LogP contribution in [0.15, 0.2) is 30.3 Å². The Kier molecular flexibility index (Phi) is 84.7. The Balaban J connectivity index is 0.00000156. The number of morpholine rings is 1. The number of nitrogens with zero attached hydrogens (tertiary/aromatic N) is 12. The van der Waals surface area contributed by atoms with Gasteiger partial charge in [0.2, 0.25) is 0 Å². The average molecular weight is 2020 g/mol. The van der Waals surface area contributed by atoms with Crippen molar-refractivity contribution >= 4 is 30.0 Å². The first-order valence-corrected chi connectivity index (χ1v) is 56.7. The Labute approximate surface area is 872 Å². The van der Waals surface area contributed by atoms with Gasteiger partial charge in [0, 0.05) is 209 Å². The fourth-order valence-corrected chi connectivity index (χ4v) is 17.2. The van der Waals surface area contributed by atoms with Crippen molar-refractivity contribution < 1.29 is 76.1 Å². The minimum Gasteiger partial charge on any atom is -0.463 e. The smallest absolute Gasteiger partial charge is 0.409 e. The minimum atomic E-state index is -0.237. The molecule has 1 amide bonds. The normalized spacial score (nSPS) is 18.5. The van der Waals surface area contributed by atoms with Gasteiger partial charge in [0.25, 0.3) is 0 Å². The Morgan fingerprint density at radius 2 is 0.655 bits per heavy atom. The Morgan fingerprint density at radius 1 is 0.345 bits per heavy atom. The molecule has 1 saturated carbocycles. The van der Waals surface area contributed by atoms with Crippen LogP contribution in [0.3, 0.4) is 0 Å². The van der Waals surface area contributed by atoms with Crippen molar-refractivity contribution in [3.8, 4) is 0 Å². The number of amides is 1. The number of aryl methyl sites for hydroxylation is 1. The van der Waals surface area contributed by atoms with Crippen LogP contribution in [0.2, 0.25) is 0 Å². The minimum absolute atomic E-state index is 0.0103. The van der Waals surface area contributed by atoms with Gasteiger partial charge in [-0.1, -0.05) is 62.9 Å². The number of ether oxygens (including phenoxy) is 11. The number of benzene rings is 1. The summed E-state index contributed by atoms with van der Waals surface area (Å²) in [5.41, 5.74) is 2.19. The predicted octanol–water partition coefficient (Wildman–Crippen LogP) is 19.0. The predicted molar refractivity (Wildman–Crippen MR) is 589 cm³/mol. The van der Waals surface area contributed by atoms with Crippen molar-refractivity contribution in [1.82, 2.24) is 58.8 Å². The summed E-state index contributed by atoms with van der Waals surface area (Å²) < 4.78 is 58.5. The van der Waals surface area contributed by atoms with E-state index < -0.39 is 0 Å². The first kappa shape index (κ1) is 138. The number of piperazine rings is 3. The van der Waals surface area contributed by atoms with E-state index in [4.69, 9.17) is 52.1 Å². The van der Waals surface area contributed by atoms with Crippen LogP contribution in [0.25, 0.3) is 0 Å². The van der Waals surface area contributed by atoms with Crippen LogP contribution in [0.1, 0.15) is 333 Å². The van der Waals surface area contributed by atoms with E-state index in [0.29, 0.717) is 74.5 Å². The third-order valence-electron chi connectivity index (χ3n) is 25.0. The van der Waals surface area contributed by atoms with Gasteiger partial charge in [0.15, 0.2) is 0 Å². The monoisotopic (exact) mass is 2020 g/mol. The Bertz CT molecular complexity index is 3010. The van der Waals surface area contributed by atoms with E-state index in [9.17, 15) is 24.0 Å². The molecule has 28 heteroatoms. The second-order valence-electron chi connectivity index (χ2n) is 43.8. The molecule has 8 aliphatic rings. The first-order valence-electron chi connectivity index (χ1n) is 56.7. The molecule has 0 aromatic heterocycles. The summed E-state index contributed by atoms with van der Waals surface area (Å²) >= 11 is 0. The summed E-state index contributed by atoms with van der Waals surface area (Å²) in [7, 11) is 10.1. The molecule has 0 bridgehead atoms. The maximum absolute atomic E-state index is 11.3. The van der Waals surface area contributed by atoms with E-state index in [0.717, 1.165) is 175 Å². The molecule has 7 saturated heterocycles. The number of likely N-dealkylation sites (tertiary alicyclic amines) is 3. The van der Waals surface area contributed by atoms with Crippen molar-refractivity contribution in [2.75, 3.05) is 258 Å². The molecule has 9 rings (SSSR count). The van der Waals surface area contributed by atoms with Crippen LogP contribution in [0.4, 0.5) is 4.79 Å². The van der Waals surface area contributed by atoms with Crippen LogP contribution in [-0.2, 0) is 77.7 Å². The van der Waals surface area contributed by atoms with Gasteiger partial charge in [-0.05, 0) is 367 Å². The molecule has 2 atom stereocenters. The number of carbonyl (C=O) groups excluding carboxylic acids is 5. The molecule has 1 aliphatic carbocycles. The molecule has 1 spiro atoms. The second kappa shape index (κ2) is 87.4. The number of piperidine rings is 2. The molecule has 7 heterocycles. The molecule has 0 unspecified atom stereocenters. The Hall–Kier alpha value is -4.31. The molecule has 8 fully saturated rings. The van der Waals surface area contributed by atoms with E-state index in [1.807, 2.05) is 89.4 Å². The van der Waals surface area contributed by atoms with E-state index in [-0.39, 0.29) is 60.5 Å². The van der Waals surface area contributed by atoms with Crippen molar-refractivity contribution in [1.29, 1.82) is 0 Å². The lowest BCUT2D eigenvalue weighted by molar-refractivity contribution is -0.148. The average Bonchev–Trinajstić information content (AvgIpc) is 0.763. The maximum Gasteiger partial charge on any atom is 0.409 e. The zero-order chi connectivity index (χ0) is 106. The second-order valence-corrected chi connectivity index (χ2v) is 43.8. The van der Waals surface area contributed by atoms with Crippen molar-refractivity contribution in [2.45, 2.75) is 413 Å². The number of carbonyl (C=O) groups is 5. The number of esters is 4. The van der Waals surface area contributed by atoms with Gasteiger partial charge >= 0.3 is 30.0 Å². The number of unbranched alkanes of at least 4 members (excludes halogenated alkanes) is 1. The molecule has 7 aliphatic heterocycles. The molecule has 1 aromatic carbocycles. The summed E-state index contributed by atoms with van der Waals surface area (Å²) in [5, 5.41) is 0. The van der Waals surface area contributed by atoms with E-state index in [1.54, 1.807) is 11.9 Å². The van der Waals surface area contributed by atoms with Gasteiger partial charge in [-0.15, -0.1) is 0 Å². The van der Waals surface area contributed by atoms with Gasteiger partial charge in [-0.25, -0.2) is 4.79 Å². The highest BCUT2D eigenvalue weighted by Gasteiger charge is 2.46. The molecule has 838 valence electrons. The fourth-order valence-electron chi connectivity index (χ4n) is 17.2. The molecular formula is C114H226N12O16. The van der Waals surface area contributed by atoms with Crippen LogP contribution >= 0.6 is 0 Å². The zero-order valence-electron chi connectivity index (χ0n) is 97.5. The van der Waals surface area contributed by atoms with Crippen LogP contribution in [0.5, 0.6) is 0 Å². The van der Waals surface area contributed by atoms with E-state index >= 15 is 0 Å². The van der Waals surface area contributed by atoms with E-state index in [1.165, 1.54) is 194 Å². The summed E-state index contributed by atoms with van der Waals surface area (Å²) in [6.45, 7) is 88.6. The SMILES string of the molecule is CC(C)OC(=O)CCCN1CCCCC1.CC(C)OC(=O)CCCN1CCCCC1.CC(C)OC(=O)CCCN1CCN(C)CC1.CC(C)OC(=O)N(C)CCCN(C)C.CC(C)OCCCN1CC2(CCC2)C1.CC(C)OCCCN1CCN(C(C)C)CC1.CC(C)OCCCN1CCN(C)CC1.CC(C)OCCCN1C[C@@H](C)O[C@@H](C)C1.CC(C)OCCCc1ccccc1.CCCCC(=O)OC(C)C. The number of hydrogen-bond acceptors (Lipinski definition) is 27. The van der Waals surface area contributed by atoms with Crippen LogP contribution < -0.4 is 0 Å². The third kappa shape index (κ3) is 84.5. The molecule has 142 heavy (non-hydrogen) atoms. The largest absolute Gasteiger partial charge is 0.463 e. The molecule has 0 radical (unpaired) electrons. The van der Waals surface area contributed by atoms with Gasteiger partial charge in [-0.2, -0.15) is 0 Å². The molecule has 0 N–H and O–H groups in total. The van der Waals surface area contributed by atoms with Gasteiger partial charge in [0.05, 0.1) is 73.2 Å². The van der Waals surface area contributed by atoms with Gasteiger partial charge < -0.3 is 101 Å². The third-order valence-corrected chi connectivity index (χ3v) is 25.0. The zero-order valence-corrected chi connectivity index (χ0v) is 97.5. The molecule has 1 aromatic rings.